The van der Waals surface area contributed by atoms with E-state index >= 15 is 0 Å². The van der Waals surface area contributed by atoms with Crippen molar-refractivity contribution < 1.29 is 14.7 Å². The molecule has 1 amide bonds. The molecule has 3 rings (SSSR count). The number of benzene rings is 1. The van der Waals surface area contributed by atoms with Crippen molar-refractivity contribution in [2.24, 2.45) is 0 Å². The summed E-state index contributed by atoms with van der Waals surface area (Å²) in [5.41, 5.74) is 2.64. The maximum atomic E-state index is 12.9. The number of aliphatic hydroxyl groups excluding tert-OH is 1. The summed E-state index contributed by atoms with van der Waals surface area (Å²) in [4.78, 5) is 30.3. The first-order chi connectivity index (χ1) is 13.3. The molecule has 1 saturated heterocycles. The zero-order valence-electron chi connectivity index (χ0n) is 16.7. The fourth-order valence-corrected chi connectivity index (χ4v) is 4.39. The monoisotopic (exact) mass is 398 g/mol. The third-order valence-electron chi connectivity index (χ3n) is 5.01. The molecule has 0 radical (unpaired) electrons. The van der Waals surface area contributed by atoms with Crippen molar-refractivity contribution >= 4 is 28.8 Å². The fraction of sp³-hybridized carbons (Fsp3) is 0.364. The molecule has 0 saturated carbocycles. The van der Waals surface area contributed by atoms with Gasteiger partial charge in [0, 0.05) is 17.0 Å². The van der Waals surface area contributed by atoms with Gasteiger partial charge in [-0.15, -0.1) is 11.3 Å². The Bertz CT molecular complexity index is 916. The lowest BCUT2D eigenvalue weighted by atomic mass is 9.96. The van der Waals surface area contributed by atoms with Crippen LogP contribution in [0.25, 0.3) is 5.76 Å². The van der Waals surface area contributed by atoms with Crippen molar-refractivity contribution in [1.29, 1.82) is 0 Å². The molecule has 1 fully saturated rings. The number of Topliss-reactive ketones (excluding diaryl/α,β-unsaturated/α-hetero) is 1. The van der Waals surface area contributed by atoms with E-state index in [-0.39, 0.29) is 11.3 Å². The third-order valence-corrected chi connectivity index (χ3v) is 5.93. The van der Waals surface area contributed by atoms with E-state index in [1.54, 1.807) is 4.90 Å². The molecule has 6 heteroatoms. The van der Waals surface area contributed by atoms with Gasteiger partial charge < -0.3 is 14.9 Å². The maximum Gasteiger partial charge on any atom is 0.295 e. The van der Waals surface area contributed by atoms with Crippen LogP contribution >= 0.6 is 11.3 Å². The van der Waals surface area contributed by atoms with Gasteiger partial charge in [-0.2, -0.15) is 0 Å². The number of likely N-dealkylation sites (tertiary alicyclic amines) is 1. The fourth-order valence-electron chi connectivity index (χ4n) is 3.55. The molecule has 2 aromatic rings. The Balaban J connectivity index is 2.09. The molecule has 1 atom stereocenters. The van der Waals surface area contributed by atoms with Gasteiger partial charge in [0.05, 0.1) is 11.6 Å². The average molecular weight is 399 g/mol. The van der Waals surface area contributed by atoms with E-state index in [2.05, 4.69) is 0 Å². The van der Waals surface area contributed by atoms with Crippen molar-refractivity contribution in [3.63, 3.8) is 0 Å². The molecule has 0 bridgehead atoms. The minimum absolute atomic E-state index is 0.0898. The zero-order chi connectivity index (χ0) is 20.4. The summed E-state index contributed by atoms with van der Waals surface area (Å²) in [6.45, 7) is 5.11. The molecule has 0 spiro atoms. The lowest BCUT2D eigenvalue weighted by Crippen LogP contribution is -2.32. The Morgan fingerprint density at radius 2 is 1.96 bits per heavy atom. The van der Waals surface area contributed by atoms with Gasteiger partial charge in [-0.25, -0.2) is 0 Å². The minimum atomic E-state index is -0.610. The van der Waals surface area contributed by atoms with Gasteiger partial charge in [0.1, 0.15) is 5.76 Å². The van der Waals surface area contributed by atoms with Crippen molar-refractivity contribution in [1.82, 2.24) is 9.80 Å². The number of thiophene rings is 1. The Kier molecular flexibility index (Phi) is 6.01. The van der Waals surface area contributed by atoms with E-state index in [0.717, 1.165) is 29.0 Å². The molecule has 1 aliphatic rings. The van der Waals surface area contributed by atoms with E-state index in [1.807, 2.05) is 68.6 Å². The number of hydrogen-bond donors (Lipinski definition) is 1. The highest BCUT2D eigenvalue weighted by Gasteiger charge is 2.46. The van der Waals surface area contributed by atoms with Gasteiger partial charge in [-0.05, 0) is 64.0 Å². The lowest BCUT2D eigenvalue weighted by molar-refractivity contribution is -0.139. The van der Waals surface area contributed by atoms with Crippen molar-refractivity contribution in [2.45, 2.75) is 26.3 Å². The topological polar surface area (TPSA) is 60.9 Å². The first-order valence-corrected chi connectivity index (χ1v) is 10.2. The largest absolute Gasteiger partial charge is 0.507 e. The summed E-state index contributed by atoms with van der Waals surface area (Å²) in [6, 6.07) is 9.01. The molecule has 1 aromatic heterocycles. The maximum absolute atomic E-state index is 12.9. The van der Waals surface area contributed by atoms with Gasteiger partial charge in [-0.1, -0.05) is 23.8 Å². The third kappa shape index (κ3) is 3.88. The van der Waals surface area contributed by atoms with Gasteiger partial charge in [0.2, 0.25) is 0 Å². The molecular weight excluding hydrogens is 372 g/mol. The van der Waals surface area contributed by atoms with E-state index in [4.69, 9.17) is 0 Å². The summed E-state index contributed by atoms with van der Waals surface area (Å²) in [6.07, 6.45) is 0.755. The first-order valence-electron chi connectivity index (χ1n) is 9.35. The molecule has 0 aliphatic carbocycles. The van der Waals surface area contributed by atoms with Crippen LogP contribution in [0, 0.1) is 13.8 Å². The SMILES string of the molecule is Cc1ccc(C)c(C(O)=C2C(=O)C(=O)N(CCCN(C)C)[C@H]2c2cccs2)c1. The summed E-state index contributed by atoms with van der Waals surface area (Å²) in [7, 11) is 3.96. The number of nitrogens with zero attached hydrogens (tertiary/aromatic N) is 2. The van der Waals surface area contributed by atoms with Crippen molar-refractivity contribution in [2.75, 3.05) is 27.2 Å². The Morgan fingerprint density at radius 3 is 2.61 bits per heavy atom. The average Bonchev–Trinajstić information content (AvgIpc) is 3.25. The van der Waals surface area contributed by atoms with E-state index in [9.17, 15) is 14.7 Å². The second kappa shape index (κ2) is 8.29. The van der Waals surface area contributed by atoms with E-state index in [1.165, 1.54) is 11.3 Å². The van der Waals surface area contributed by atoms with Crippen LogP contribution < -0.4 is 0 Å². The second-order valence-corrected chi connectivity index (χ2v) is 8.46. The van der Waals surface area contributed by atoms with Crippen LogP contribution in [0.4, 0.5) is 0 Å². The summed E-state index contributed by atoms with van der Waals surface area (Å²) < 4.78 is 0. The standard InChI is InChI=1S/C22H26N2O3S/c1-14-8-9-15(2)16(13-14)20(25)18-19(17-7-5-12-28-17)24(22(27)21(18)26)11-6-10-23(3)4/h5,7-9,12-13,19,25H,6,10-11H2,1-4H3/t19-/m0/s1. The zero-order valence-corrected chi connectivity index (χ0v) is 17.5. The van der Waals surface area contributed by atoms with Crippen LogP contribution in [-0.2, 0) is 9.59 Å². The summed E-state index contributed by atoms with van der Waals surface area (Å²) in [5, 5.41) is 13.0. The van der Waals surface area contributed by atoms with Crippen LogP contribution in [0.1, 0.15) is 34.0 Å². The molecular formula is C22H26N2O3S. The normalized spacial score (nSPS) is 19.0. The van der Waals surface area contributed by atoms with E-state index in [0.29, 0.717) is 12.1 Å². The Hall–Kier alpha value is -2.44. The highest BCUT2D eigenvalue weighted by Crippen LogP contribution is 2.41. The molecule has 2 heterocycles. The van der Waals surface area contributed by atoms with Crippen molar-refractivity contribution in [3.8, 4) is 0 Å². The molecule has 1 aliphatic heterocycles. The number of aliphatic hydroxyl groups is 1. The minimum Gasteiger partial charge on any atom is -0.507 e. The summed E-state index contributed by atoms with van der Waals surface area (Å²) in [5.74, 6) is -1.24. The first kappa shape index (κ1) is 20.3. The lowest BCUT2D eigenvalue weighted by Gasteiger charge is -2.24. The second-order valence-electron chi connectivity index (χ2n) is 7.48. The molecule has 28 heavy (non-hydrogen) atoms. The van der Waals surface area contributed by atoms with Gasteiger partial charge in [0.15, 0.2) is 0 Å². The number of hydrogen-bond acceptors (Lipinski definition) is 5. The number of aryl methyl sites for hydroxylation is 2. The Morgan fingerprint density at radius 1 is 1.21 bits per heavy atom. The van der Waals surface area contributed by atoms with Crippen molar-refractivity contribution in [3.05, 3.63) is 62.9 Å². The number of amides is 1. The van der Waals surface area contributed by atoms with Gasteiger partial charge >= 0.3 is 0 Å². The van der Waals surface area contributed by atoms with Gasteiger partial charge in [-0.3, -0.25) is 9.59 Å². The van der Waals surface area contributed by atoms with Crippen LogP contribution in [0.3, 0.4) is 0 Å². The summed E-state index contributed by atoms with van der Waals surface area (Å²) >= 11 is 1.49. The predicted octanol–water partition coefficient (Wildman–Crippen LogP) is 3.74. The molecule has 148 valence electrons. The molecule has 1 aromatic carbocycles. The van der Waals surface area contributed by atoms with Crippen LogP contribution in [-0.4, -0.2) is 53.8 Å². The van der Waals surface area contributed by atoms with Crippen LogP contribution in [0.5, 0.6) is 0 Å². The number of carbonyl (C=O) groups excluding carboxylic acids is 2. The molecule has 0 unspecified atom stereocenters. The number of ketones is 1. The van der Waals surface area contributed by atoms with Crippen LogP contribution in [0.15, 0.2) is 41.3 Å². The Labute approximate surface area is 169 Å². The number of carbonyl (C=O) groups is 2. The number of rotatable bonds is 6. The smallest absolute Gasteiger partial charge is 0.295 e. The predicted molar refractivity (Wildman–Crippen MR) is 112 cm³/mol. The van der Waals surface area contributed by atoms with Gasteiger partial charge in [0.25, 0.3) is 11.7 Å². The quantitative estimate of drug-likeness (QED) is 0.457. The highest BCUT2D eigenvalue weighted by molar-refractivity contribution is 7.10. The highest BCUT2D eigenvalue weighted by atomic mass is 32.1. The molecule has 5 nitrogen and oxygen atoms in total. The van der Waals surface area contributed by atoms with Crippen LogP contribution in [0.2, 0.25) is 0 Å². The molecule has 1 N–H and O–H groups in total. The van der Waals surface area contributed by atoms with E-state index < -0.39 is 17.7 Å².